The van der Waals surface area contributed by atoms with Gasteiger partial charge < -0.3 is 9.66 Å². The third-order valence-corrected chi connectivity index (χ3v) is 3.89. The van der Waals surface area contributed by atoms with Crippen molar-refractivity contribution in [2.24, 2.45) is 0 Å². The van der Waals surface area contributed by atoms with Crippen molar-refractivity contribution >= 4 is 21.8 Å². The van der Waals surface area contributed by atoms with Crippen LogP contribution >= 0.6 is 0 Å². The topological polar surface area (TPSA) is 81.3 Å². The Bertz CT molecular complexity index is 780. The number of hydrogen-bond acceptors (Lipinski definition) is 4. The maximum absolute atomic E-state index is 11.1. The molecule has 0 aliphatic rings. The van der Waals surface area contributed by atoms with E-state index >= 15 is 0 Å². The summed E-state index contributed by atoms with van der Waals surface area (Å²) in [4.78, 5) is 0. The van der Waals surface area contributed by atoms with Crippen molar-refractivity contribution in [3.05, 3.63) is 59.9 Å². The van der Waals surface area contributed by atoms with Gasteiger partial charge in [0, 0.05) is 17.7 Å². The van der Waals surface area contributed by atoms with Crippen molar-refractivity contribution in [3.8, 4) is 5.75 Å². The summed E-state index contributed by atoms with van der Waals surface area (Å²) in [7, 11) is -4.43. The first-order chi connectivity index (χ1) is 10.4. The Morgan fingerprint density at radius 2 is 1.86 bits per heavy atom. The lowest BCUT2D eigenvalue weighted by Gasteiger charge is -2.11. The van der Waals surface area contributed by atoms with E-state index in [2.05, 4.69) is 0 Å². The molecular formula is C16H17NO4S. The van der Waals surface area contributed by atoms with Gasteiger partial charge in [-0.15, -0.1) is 0 Å². The van der Waals surface area contributed by atoms with E-state index in [9.17, 15) is 18.1 Å². The largest absolute Gasteiger partial charge is 0.748 e. The van der Waals surface area contributed by atoms with Crippen LogP contribution in [-0.4, -0.2) is 23.8 Å². The second-order valence-electron chi connectivity index (χ2n) is 4.85. The SMILES string of the molecule is CC[n+]1ccc(C(=Cc2ccccc2O)CS(=O)(=O)[O-])cc1. The van der Waals surface area contributed by atoms with Gasteiger partial charge >= 0.3 is 0 Å². The molecule has 1 N–H and O–H groups in total. The predicted octanol–water partition coefficient (Wildman–Crippen LogP) is 1.79. The number of nitrogens with zero attached hydrogens (tertiary/aromatic N) is 1. The predicted molar refractivity (Wildman–Crippen MR) is 82.9 cm³/mol. The van der Waals surface area contributed by atoms with Crippen molar-refractivity contribution in [1.82, 2.24) is 0 Å². The zero-order valence-electron chi connectivity index (χ0n) is 12.1. The van der Waals surface area contributed by atoms with E-state index in [1.165, 1.54) is 12.1 Å². The summed E-state index contributed by atoms with van der Waals surface area (Å²) in [5, 5.41) is 9.81. The fourth-order valence-corrected chi connectivity index (χ4v) is 2.71. The third-order valence-electron chi connectivity index (χ3n) is 3.23. The van der Waals surface area contributed by atoms with Crippen LogP contribution in [0.4, 0.5) is 0 Å². The number of hydrogen-bond donors (Lipinski definition) is 1. The fraction of sp³-hybridized carbons (Fsp3) is 0.188. The molecule has 5 nitrogen and oxygen atoms in total. The van der Waals surface area contributed by atoms with Gasteiger partial charge in [0.05, 0.1) is 15.9 Å². The van der Waals surface area contributed by atoms with Gasteiger partial charge in [-0.2, -0.15) is 0 Å². The third kappa shape index (κ3) is 4.41. The van der Waals surface area contributed by atoms with Crippen molar-refractivity contribution in [2.45, 2.75) is 13.5 Å². The highest BCUT2D eigenvalue weighted by molar-refractivity contribution is 7.86. The van der Waals surface area contributed by atoms with Gasteiger partial charge in [0.1, 0.15) is 12.3 Å². The summed E-state index contributed by atoms with van der Waals surface area (Å²) in [6.45, 7) is 2.78. The summed E-state index contributed by atoms with van der Waals surface area (Å²) in [5.41, 5.74) is 1.44. The van der Waals surface area contributed by atoms with E-state index in [0.29, 0.717) is 16.7 Å². The van der Waals surface area contributed by atoms with Crippen LogP contribution in [0.1, 0.15) is 18.1 Å². The number of phenolic OH excluding ortho intramolecular Hbond substituents is 1. The Morgan fingerprint density at radius 3 is 2.41 bits per heavy atom. The molecular weight excluding hydrogens is 302 g/mol. The molecule has 1 aromatic heterocycles. The average Bonchev–Trinajstić information content (AvgIpc) is 2.47. The van der Waals surface area contributed by atoms with Crippen LogP contribution in [0.25, 0.3) is 11.6 Å². The number of aryl methyl sites for hydroxylation is 1. The molecule has 0 bridgehead atoms. The van der Waals surface area contributed by atoms with Crippen LogP contribution < -0.4 is 4.57 Å². The van der Waals surface area contributed by atoms with E-state index in [0.717, 1.165) is 6.54 Å². The van der Waals surface area contributed by atoms with Gasteiger partial charge in [-0.3, -0.25) is 0 Å². The highest BCUT2D eigenvalue weighted by Gasteiger charge is 2.10. The van der Waals surface area contributed by atoms with E-state index in [4.69, 9.17) is 0 Å². The number of rotatable bonds is 5. The zero-order valence-corrected chi connectivity index (χ0v) is 13.0. The first-order valence-electron chi connectivity index (χ1n) is 6.80. The number of para-hydroxylation sites is 1. The molecule has 2 rings (SSSR count). The molecule has 2 aromatic rings. The molecule has 0 atom stereocenters. The number of aromatic hydroxyl groups is 1. The molecule has 0 spiro atoms. The van der Waals surface area contributed by atoms with Crippen LogP contribution in [0, 0.1) is 0 Å². The molecule has 0 amide bonds. The second kappa shape index (κ2) is 6.72. The van der Waals surface area contributed by atoms with Crippen molar-refractivity contribution in [2.75, 3.05) is 5.75 Å². The highest BCUT2D eigenvalue weighted by atomic mass is 32.2. The lowest BCUT2D eigenvalue weighted by atomic mass is 10.0. The van der Waals surface area contributed by atoms with Gasteiger partial charge in [0.25, 0.3) is 0 Å². The number of phenols is 1. The Morgan fingerprint density at radius 1 is 1.23 bits per heavy atom. The minimum atomic E-state index is -4.43. The van der Waals surface area contributed by atoms with E-state index in [-0.39, 0.29) is 5.75 Å². The summed E-state index contributed by atoms with van der Waals surface area (Å²) in [6.07, 6.45) is 5.15. The lowest BCUT2D eigenvalue weighted by molar-refractivity contribution is -0.693. The van der Waals surface area contributed by atoms with Crippen molar-refractivity contribution < 1.29 is 22.6 Å². The molecule has 116 valence electrons. The van der Waals surface area contributed by atoms with E-state index in [1.807, 2.05) is 23.9 Å². The minimum Gasteiger partial charge on any atom is -0.748 e. The monoisotopic (exact) mass is 319 g/mol. The van der Waals surface area contributed by atoms with E-state index < -0.39 is 15.9 Å². The van der Waals surface area contributed by atoms with E-state index in [1.54, 1.807) is 30.3 Å². The van der Waals surface area contributed by atoms with Crippen LogP contribution in [-0.2, 0) is 16.7 Å². The molecule has 0 radical (unpaired) electrons. The lowest BCUT2D eigenvalue weighted by Crippen LogP contribution is -2.30. The maximum atomic E-state index is 11.1. The Labute approximate surface area is 129 Å². The standard InChI is InChI=1S/C16H17NO4S/c1-2-17-9-7-13(8-10-17)15(12-22(19,20)21)11-14-5-3-4-6-16(14)18/h3-11H,2,12H2,1H3,(H,19,20,21). The minimum absolute atomic E-state index is 0.0304. The number of aromatic nitrogens is 1. The van der Waals surface area contributed by atoms with Crippen LogP contribution in [0.5, 0.6) is 5.75 Å². The first kappa shape index (κ1) is 16.2. The van der Waals surface area contributed by atoms with Crippen LogP contribution in [0.15, 0.2) is 48.8 Å². The maximum Gasteiger partial charge on any atom is 0.169 e. The Balaban J connectivity index is 2.48. The molecule has 0 aliphatic carbocycles. The Kier molecular flexibility index (Phi) is 4.95. The zero-order chi connectivity index (χ0) is 16.2. The molecule has 6 heteroatoms. The average molecular weight is 319 g/mol. The van der Waals surface area contributed by atoms with Gasteiger partial charge in [-0.25, -0.2) is 13.0 Å². The van der Waals surface area contributed by atoms with Gasteiger partial charge in [-0.1, -0.05) is 18.2 Å². The van der Waals surface area contributed by atoms with Gasteiger partial charge in [0.15, 0.2) is 12.4 Å². The van der Waals surface area contributed by atoms with Crippen molar-refractivity contribution in [1.29, 1.82) is 0 Å². The normalized spacial score (nSPS) is 12.4. The molecule has 1 heterocycles. The molecule has 22 heavy (non-hydrogen) atoms. The molecule has 1 aromatic carbocycles. The van der Waals surface area contributed by atoms with Crippen LogP contribution in [0.2, 0.25) is 0 Å². The van der Waals surface area contributed by atoms with Crippen LogP contribution in [0.3, 0.4) is 0 Å². The number of pyridine rings is 1. The highest BCUT2D eigenvalue weighted by Crippen LogP contribution is 2.24. The fourth-order valence-electron chi connectivity index (χ4n) is 2.08. The molecule has 0 saturated heterocycles. The smallest absolute Gasteiger partial charge is 0.169 e. The summed E-state index contributed by atoms with van der Waals surface area (Å²) in [5.74, 6) is -0.597. The number of benzene rings is 1. The molecule has 0 aliphatic heterocycles. The molecule has 0 saturated carbocycles. The van der Waals surface area contributed by atoms with Crippen molar-refractivity contribution in [3.63, 3.8) is 0 Å². The van der Waals surface area contributed by atoms with Gasteiger partial charge in [0.2, 0.25) is 0 Å². The molecule has 0 unspecified atom stereocenters. The summed E-state index contributed by atoms with van der Waals surface area (Å²) in [6, 6.07) is 10.1. The van der Waals surface area contributed by atoms with Gasteiger partial charge in [-0.05, 0) is 30.2 Å². The second-order valence-corrected chi connectivity index (χ2v) is 6.25. The molecule has 0 fully saturated rings. The Hall–Kier alpha value is -2.18. The summed E-state index contributed by atoms with van der Waals surface area (Å²) >= 11 is 0. The summed E-state index contributed by atoms with van der Waals surface area (Å²) < 4.78 is 35.4. The first-order valence-corrected chi connectivity index (χ1v) is 8.38. The quantitative estimate of drug-likeness (QED) is 0.673.